The van der Waals surface area contributed by atoms with Gasteiger partial charge < -0.3 is 14.5 Å². The number of aromatic amines is 1. The third kappa shape index (κ3) is 7.43. The Morgan fingerprint density at radius 3 is 1.35 bits per heavy atom. The highest BCUT2D eigenvalue weighted by atomic mass is 32.1. The molecule has 3 aromatic heterocycles. The van der Waals surface area contributed by atoms with Gasteiger partial charge in [0.25, 0.3) is 0 Å². The average Bonchev–Trinajstić information content (AvgIpc) is 4.40. The van der Waals surface area contributed by atoms with Crippen LogP contribution in [0.3, 0.4) is 0 Å². The summed E-state index contributed by atoms with van der Waals surface area (Å²) in [7, 11) is 0. The van der Waals surface area contributed by atoms with Gasteiger partial charge in [-0.05, 0) is 174 Å². The second-order valence-corrected chi connectivity index (χ2v) is 22.7. The van der Waals surface area contributed by atoms with Crippen molar-refractivity contribution in [3.05, 3.63) is 291 Å². The fraction of sp³-hybridized carbons (Fsp3) is 0. The van der Waals surface area contributed by atoms with Crippen LogP contribution in [0.25, 0.3) is 146 Å². The Morgan fingerprint density at radius 2 is 0.720 bits per heavy atom. The van der Waals surface area contributed by atoms with Crippen LogP contribution in [0.4, 0.5) is 17.1 Å². The molecule has 0 unspecified atom stereocenters. The number of nitrogens with zero attached hydrogens (tertiary/aromatic N) is 2. The molecule has 17 aromatic rings. The molecule has 14 aromatic carbocycles. The van der Waals surface area contributed by atoms with Crippen LogP contribution in [0, 0.1) is 0 Å². The number of para-hydroxylation sites is 2. The van der Waals surface area contributed by atoms with Gasteiger partial charge in [0.1, 0.15) is 0 Å². The lowest BCUT2D eigenvalue weighted by Gasteiger charge is -2.26. The molecule has 382 valence electrons. The number of thiophene rings is 1. The Kier molecular flexibility index (Phi) is 10.5. The molecule has 0 bridgehead atoms. The first-order valence-electron chi connectivity index (χ1n) is 28.1. The number of H-pyrrole nitrogens is 1. The van der Waals surface area contributed by atoms with E-state index in [2.05, 4.69) is 306 Å². The van der Waals surface area contributed by atoms with Crippen molar-refractivity contribution in [1.82, 2.24) is 9.55 Å². The highest BCUT2D eigenvalue weighted by Crippen LogP contribution is 2.44. The predicted octanol–water partition coefficient (Wildman–Crippen LogP) is 22.4. The number of fused-ring (bicyclic) bond motifs is 15. The SMILES string of the molecule is c1ccc(N(c2ccc(-c3ccc4c(c3)c3cc(-c5ccc(-c6ccc7[nH]c8ccccc8c7c6)cc5)ccc3n4-c3ccc4c5ccccc5c5ccccc5c4c3)cc2)c2ccc(-c3cccc4c3sc3ccccc34)cc2)cc1. The molecular formula is C78H49N3S. The van der Waals surface area contributed by atoms with E-state index >= 15 is 0 Å². The number of anilines is 3. The van der Waals surface area contributed by atoms with Gasteiger partial charge in [0, 0.05) is 75.5 Å². The minimum Gasteiger partial charge on any atom is -0.355 e. The van der Waals surface area contributed by atoms with Crippen molar-refractivity contribution < 1.29 is 0 Å². The molecule has 82 heavy (non-hydrogen) atoms. The maximum absolute atomic E-state index is 3.59. The molecule has 0 aliphatic rings. The van der Waals surface area contributed by atoms with Crippen LogP contribution < -0.4 is 4.90 Å². The minimum atomic E-state index is 1.10. The lowest BCUT2D eigenvalue weighted by molar-refractivity contribution is 1.19. The van der Waals surface area contributed by atoms with Gasteiger partial charge in [0.15, 0.2) is 0 Å². The number of benzene rings is 14. The molecule has 3 heterocycles. The van der Waals surface area contributed by atoms with E-state index in [1.165, 1.54) is 124 Å². The van der Waals surface area contributed by atoms with E-state index in [1.54, 1.807) is 0 Å². The van der Waals surface area contributed by atoms with E-state index in [-0.39, 0.29) is 0 Å². The normalized spacial score (nSPS) is 11.9. The van der Waals surface area contributed by atoms with Gasteiger partial charge in [-0.3, -0.25) is 0 Å². The summed E-state index contributed by atoms with van der Waals surface area (Å²) in [5, 5.41) is 15.2. The molecule has 0 saturated heterocycles. The number of nitrogens with one attached hydrogen (secondary N) is 1. The molecule has 4 heteroatoms. The Labute approximate surface area is 477 Å². The standard InChI is InChI=1S/C78H49N3S/c1-2-13-56(14-3-1)80(58-38-31-52(32-39-58)60-21-12-22-68-67-20-9-11-24-77(67)82-78(60)68)57-36-29-51(30-37-57)55-35-44-76-72(47-55)71-46-54(50-27-25-49(26-28-50)53-33-42-74-70(45-53)66-19-8-10-23-73(66)79-74)34-43-75(71)81(76)59-40-41-65-63-17-5-4-15-61(63)62-16-6-7-18-64(62)69(65)48-59/h1-48,79H. The summed E-state index contributed by atoms with van der Waals surface area (Å²) >= 11 is 1.88. The summed E-state index contributed by atoms with van der Waals surface area (Å²) in [6, 6.07) is 108. The van der Waals surface area contributed by atoms with Crippen molar-refractivity contribution in [1.29, 1.82) is 0 Å². The third-order valence-corrected chi connectivity index (χ3v) is 18.3. The van der Waals surface area contributed by atoms with Gasteiger partial charge in [-0.15, -0.1) is 11.3 Å². The zero-order valence-corrected chi connectivity index (χ0v) is 45.3. The van der Waals surface area contributed by atoms with Crippen molar-refractivity contribution in [3.8, 4) is 50.2 Å². The highest BCUT2D eigenvalue weighted by molar-refractivity contribution is 7.26. The van der Waals surface area contributed by atoms with E-state index in [0.717, 1.165) is 39.3 Å². The molecule has 1 N–H and O–H groups in total. The van der Waals surface area contributed by atoms with Gasteiger partial charge in [-0.1, -0.05) is 194 Å². The fourth-order valence-corrected chi connectivity index (χ4v) is 14.4. The first-order valence-corrected chi connectivity index (χ1v) is 28.9. The maximum atomic E-state index is 3.59. The monoisotopic (exact) mass is 1060 g/mol. The summed E-state index contributed by atoms with van der Waals surface area (Å²) in [6.07, 6.45) is 0. The van der Waals surface area contributed by atoms with Crippen molar-refractivity contribution >= 4 is 125 Å². The van der Waals surface area contributed by atoms with Crippen molar-refractivity contribution in [3.63, 3.8) is 0 Å². The highest BCUT2D eigenvalue weighted by Gasteiger charge is 2.19. The molecule has 0 radical (unpaired) electrons. The van der Waals surface area contributed by atoms with Crippen LogP contribution in [0.1, 0.15) is 0 Å². The van der Waals surface area contributed by atoms with Crippen LogP contribution in [0.15, 0.2) is 291 Å². The van der Waals surface area contributed by atoms with Gasteiger partial charge in [0.05, 0.1) is 11.0 Å². The molecule has 0 saturated carbocycles. The van der Waals surface area contributed by atoms with Gasteiger partial charge in [0.2, 0.25) is 0 Å². The van der Waals surface area contributed by atoms with Crippen molar-refractivity contribution in [2.24, 2.45) is 0 Å². The lowest BCUT2D eigenvalue weighted by Crippen LogP contribution is -2.09. The Balaban J connectivity index is 0.770. The summed E-state index contributed by atoms with van der Waals surface area (Å²) in [5.41, 5.74) is 18.7. The maximum Gasteiger partial charge on any atom is 0.0541 e. The van der Waals surface area contributed by atoms with Gasteiger partial charge in [-0.25, -0.2) is 0 Å². The number of aromatic nitrogens is 2. The molecule has 17 rings (SSSR count). The second-order valence-electron chi connectivity index (χ2n) is 21.7. The third-order valence-electron chi connectivity index (χ3n) is 17.1. The molecular weight excluding hydrogens is 1010 g/mol. The predicted molar refractivity (Wildman–Crippen MR) is 352 cm³/mol. The molecule has 0 atom stereocenters. The summed E-state index contributed by atoms with van der Waals surface area (Å²) in [5.74, 6) is 0. The Morgan fingerprint density at radius 1 is 0.268 bits per heavy atom. The summed E-state index contributed by atoms with van der Waals surface area (Å²) in [4.78, 5) is 5.94. The molecule has 0 fully saturated rings. The van der Waals surface area contributed by atoms with E-state index in [9.17, 15) is 0 Å². The summed E-state index contributed by atoms with van der Waals surface area (Å²) < 4.78 is 5.12. The zero-order chi connectivity index (χ0) is 53.8. The van der Waals surface area contributed by atoms with Crippen LogP contribution in [-0.2, 0) is 0 Å². The minimum absolute atomic E-state index is 1.10. The fourth-order valence-electron chi connectivity index (χ4n) is 13.2. The van der Waals surface area contributed by atoms with Gasteiger partial charge >= 0.3 is 0 Å². The molecule has 0 spiro atoms. The quantitative estimate of drug-likeness (QED) is 0.151. The van der Waals surface area contributed by atoms with Crippen molar-refractivity contribution in [2.45, 2.75) is 0 Å². The van der Waals surface area contributed by atoms with E-state index in [1.807, 2.05) is 11.3 Å². The van der Waals surface area contributed by atoms with Gasteiger partial charge in [-0.2, -0.15) is 0 Å². The second kappa shape index (κ2) is 18.5. The number of rotatable bonds is 8. The van der Waals surface area contributed by atoms with E-state index in [4.69, 9.17) is 0 Å². The Bertz CT molecular complexity index is 5340. The van der Waals surface area contributed by atoms with E-state index in [0.29, 0.717) is 0 Å². The van der Waals surface area contributed by atoms with Crippen LogP contribution in [0.2, 0.25) is 0 Å². The largest absolute Gasteiger partial charge is 0.355 e. The topological polar surface area (TPSA) is 24.0 Å². The van der Waals surface area contributed by atoms with Crippen LogP contribution >= 0.6 is 11.3 Å². The average molecular weight is 1060 g/mol. The lowest BCUT2D eigenvalue weighted by atomic mass is 9.94. The first-order chi connectivity index (χ1) is 40.6. The smallest absolute Gasteiger partial charge is 0.0541 e. The Hall–Kier alpha value is -10.5. The number of hydrogen-bond acceptors (Lipinski definition) is 2. The van der Waals surface area contributed by atoms with Crippen LogP contribution in [-0.4, -0.2) is 9.55 Å². The molecule has 0 aliphatic carbocycles. The number of hydrogen-bond donors (Lipinski definition) is 1. The zero-order valence-electron chi connectivity index (χ0n) is 44.5. The summed E-state index contributed by atoms with van der Waals surface area (Å²) in [6.45, 7) is 0. The molecule has 0 aliphatic heterocycles. The van der Waals surface area contributed by atoms with E-state index < -0.39 is 0 Å². The van der Waals surface area contributed by atoms with Crippen LogP contribution in [0.5, 0.6) is 0 Å². The molecule has 0 amide bonds. The van der Waals surface area contributed by atoms with Crippen molar-refractivity contribution in [2.75, 3.05) is 4.90 Å². The first kappa shape index (κ1) is 46.4. The molecule has 3 nitrogen and oxygen atoms in total.